The Morgan fingerprint density at radius 1 is 1.09 bits per heavy atom. The fraction of sp³-hybridized carbons (Fsp3) is 0.741. The largest absolute Gasteiger partial charge is 0.490 e. The van der Waals surface area contributed by atoms with Crippen molar-refractivity contribution in [1.29, 1.82) is 0 Å². The van der Waals surface area contributed by atoms with Crippen LogP contribution in [0, 0.1) is 23.7 Å². The lowest BCUT2D eigenvalue weighted by Crippen LogP contribution is -2.37. The number of aliphatic hydroxyl groups excluding tert-OH is 1. The Labute approximate surface area is 205 Å². The summed E-state index contributed by atoms with van der Waals surface area (Å²) in [6.45, 7) is 10.2. The Balaban J connectivity index is 2.07. The molecule has 4 atom stereocenters. The van der Waals surface area contributed by atoms with E-state index in [-0.39, 0.29) is 36.6 Å². The van der Waals surface area contributed by atoms with Crippen molar-refractivity contribution in [3.8, 4) is 11.5 Å². The molecule has 1 aromatic rings. The third kappa shape index (κ3) is 8.75. The molecule has 2 rings (SSSR count). The maximum atomic E-state index is 12.2. The molecule has 1 fully saturated rings. The van der Waals surface area contributed by atoms with Gasteiger partial charge in [-0.3, -0.25) is 4.79 Å². The number of benzene rings is 1. The van der Waals surface area contributed by atoms with Gasteiger partial charge in [0.15, 0.2) is 11.5 Å². The minimum absolute atomic E-state index is 0.0512. The second-order valence-corrected chi connectivity index (χ2v) is 10.1. The second-order valence-electron chi connectivity index (χ2n) is 10.1. The first-order chi connectivity index (χ1) is 16.3. The van der Waals surface area contributed by atoms with E-state index < -0.39 is 0 Å². The van der Waals surface area contributed by atoms with Crippen LogP contribution in [-0.4, -0.2) is 56.8 Å². The smallest absolute Gasteiger partial charge is 0.309 e. The van der Waals surface area contributed by atoms with Crippen LogP contribution in [0.1, 0.15) is 58.9 Å². The topological polar surface area (TPSA) is 100 Å². The number of hydrogen-bond donors (Lipinski definition) is 2. The summed E-state index contributed by atoms with van der Waals surface area (Å²) in [6, 6.07) is 5.89. The molecule has 7 heteroatoms. The third-order valence-corrected chi connectivity index (χ3v) is 6.67. The standard InChI is InChI=1S/C27H45NO6/c1-18(2)21(16-23(28)25-17-22(19(3)4)27(30)34-25)14-20-8-9-24(32-12-6-10-29)26(15-20)33-13-7-11-31-5/h8-9,15,18-19,21-23,25,29H,6-7,10-14,16-17,28H2,1-5H3/t21-,22?,23-,25?/m0/s1. The lowest BCUT2D eigenvalue weighted by atomic mass is 9.82. The number of ether oxygens (including phenoxy) is 4. The van der Waals surface area contributed by atoms with Crippen molar-refractivity contribution in [3.63, 3.8) is 0 Å². The molecule has 0 bridgehead atoms. The molecule has 0 radical (unpaired) electrons. The van der Waals surface area contributed by atoms with Crippen LogP contribution in [-0.2, 0) is 20.7 Å². The molecule has 1 aliphatic heterocycles. The number of carbonyl (C=O) groups is 1. The lowest BCUT2D eigenvalue weighted by molar-refractivity contribution is -0.146. The third-order valence-electron chi connectivity index (χ3n) is 6.67. The maximum Gasteiger partial charge on any atom is 0.309 e. The Morgan fingerprint density at radius 3 is 2.41 bits per heavy atom. The molecule has 1 aliphatic rings. The van der Waals surface area contributed by atoms with Crippen LogP contribution in [0.3, 0.4) is 0 Å². The molecule has 1 saturated heterocycles. The van der Waals surface area contributed by atoms with Gasteiger partial charge in [-0.25, -0.2) is 0 Å². The van der Waals surface area contributed by atoms with E-state index in [0.717, 1.165) is 24.8 Å². The van der Waals surface area contributed by atoms with Crippen molar-refractivity contribution < 1.29 is 28.8 Å². The van der Waals surface area contributed by atoms with Crippen molar-refractivity contribution in [1.82, 2.24) is 0 Å². The van der Waals surface area contributed by atoms with Crippen molar-refractivity contribution in [3.05, 3.63) is 23.8 Å². The van der Waals surface area contributed by atoms with Gasteiger partial charge < -0.3 is 29.8 Å². The van der Waals surface area contributed by atoms with Gasteiger partial charge in [-0.05, 0) is 54.7 Å². The van der Waals surface area contributed by atoms with E-state index in [9.17, 15) is 4.79 Å². The molecule has 0 amide bonds. The molecule has 194 valence electrons. The molecule has 2 unspecified atom stereocenters. The Bertz CT molecular complexity index is 738. The molecule has 3 N–H and O–H groups in total. The van der Waals surface area contributed by atoms with Gasteiger partial charge in [-0.15, -0.1) is 0 Å². The summed E-state index contributed by atoms with van der Waals surface area (Å²) in [5.74, 6) is 2.28. The van der Waals surface area contributed by atoms with E-state index in [0.29, 0.717) is 56.0 Å². The first-order valence-corrected chi connectivity index (χ1v) is 12.7. The maximum absolute atomic E-state index is 12.2. The number of cyclic esters (lactones) is 1. The van der Waals surface area contributed by atoms with Gasteiger partial charge >= 0.3 is 5.97 Å². The number of methoxy groups -OCH3 is 1. The van der Waals surface area contributed by atoms with E-state index in [4.69, 9.17) is 29.8 Å². The van der Waals surface area contributed by atoms with Gasteiger partial charge in [0.1, 0.15) is 6.10 Å². The SMILES string of the molecule is COCCCOc1cc(C[C@@H](C[C@H](N)C2CC(C(C)C)C(=O)O2)C(C)C)ccc1OCCCO. The van der Waals surface area contributed by atoms with Crippen molar-refractivity contribution in [2.75, 3.05) is 33.5 Å². The molecule has 34 heavy (non-hydrogen) atoms. The van der Waals surface area contributed by atoms with E-state index in [1.807, 2.05) is 12.1 Å². The summed E-state index contributed by atoms with van der Waals surface area (Å²) in [5, 5.41) is 9.05. The quantitative estimate of drug-likeness (QED) is 0.273. The van der Waals surface area contributed by atoms with Crippen molar-refractivity contribution in [2.24, 2.45) is 29.4 Å². The van der Waals surface area contributed by atoms with Crippen molar-refractivity contribution in [2.45, 2.75) is 71.9 Å². The van der Waals surface area contributed by atoms with Gasteiger partial charge in [0, 0.05) is 39.2 Å². The van der Waals surface area contributed by atoms with Crippen LogP contribution >= 0.6 is 0 Å². The van der Waals surface area contributed by atoms with Crippen LogP contribution in [0.15, 0.2) is 18.2 Å². The molecule has 1 heterocycles. The highest BCUT2D eigenvalue weighted by atomic mass is 16.6. The minimum atomic E-state index is -0.205. The normalized spacial score (nSPS) is 20.0. The Kier molecular flexibility index (Phi) is 12.2. The average Bonchev–Trinajstić information content (AvgIpc) is 3.19. The van der Waals surface area contributed by atoms with Gasteiger partial charge in [-0.1, -0.05) is 33.8 Å². The highest BCUT2D eigenvalue weighted by molar-refractivity contribution is 5.75. The number of nitrogens with two attached hydrogens (primary N) is 1. The van der Waals surface area contributed by atoms with Gasteiger partial charge in [0.05, 0.1) is 19.1 Å². The molecular weight excluding hydrogens is 434 g/mol. The average molecular weight is 480 g/mol. The molecule has 0 spiro atoms. The van der Waals surface area contributed by atoms with Crippen LogP contribution < -0.4 is 15.2 Å². The van der Waals surface area contributed by atoms with Crippen LogP contribution in [0.2, 0.25) is 0 Å². The van der Waals surface area contributed by atoms with Gasteiger partial charge in [0.25, 0.3) is 0 Å². The highest BCUT2D eigenvalue weighted by Crippen LogP contribution is 2.34. The molecular formula is C27H45NO6. The summed E-state index contributed by atoms with van der Waals surface area (Å²) < 4.78 is 22.6. The number of aliphatic hydroxyl groups is 1. The molecule has 0 aromatic heterocycles. The second kappa shape index (κ2) is 14.5. The Morgan fingerprint density at radius 2 is 1.79 bits per heavy atom. The molecule has 0 aliphatic carbocycles. The monoisotopic (exact) mass is 479 g/mol. The summed E-state index contributed by atoms with van der Waals surface area (Å²) >= 11 is 0. The fourth-order valence-electron chi connectivity index (χ4n) is 4.38. The molecule has 7 nitrogen and oxygen atoms in total. The predicted octanol–water partition coefficient (Wildman–Crippen LogP) is 3.98. The van der Waals surface area contributed by atoms with Gasteiger partial charge in [-0.2, -0.15) is 0 Å². The van der Waals surface area contributed by atoms with Crippen LogP contribution in [0.5, 0.6) is 11.5 Å². The highest BCUT2D eigenvalue weighted by Gasteiger charge is 2.39. The lowest BCUT2D eigenvalue weighted by Gasteiger charge is -2.27. The zero-order valence-electron chi connectivity index (χ0n) is 21.6. The molecule has 0 saturated carbocycles. The first-order valence-electron chi connectivity index (χ1n) is 12.7. The van der Waals surface area contributed by atoms with E-state index in [2.05, 4.69) is 33.8 Å². The van der Waals surface area contributed by atoms with Crippen LogP contribution in [0.25, 0.3) is 0 Å². The predicted molar refractivity (Wildman–Crippen MR) is 133 cm³/mol. The number of esters is 1. The Hall–Kier alpha value is -1.83. The minimum Gasteiger partial charge on any atom is -0.490 e. The zero-order chi connectivity index (χ0) is 25.1. The summed E-state index contributed by atoms with van der Waals surface area (Å²) in [6.07, 6.45) is 3.51. The number of rotatable bonds is 16. The van der Waals surface area contributed by atoms with Crippen LogP contribution in [0.4, 0.5) is 0 Å². The van der Waals surface area contributed by atoms with Crippen molar-refractivity contribution >= 4 is 5.97 Å². The number of hydrogen-bond acceptors (Lipinski definition) is 7. The summed E-state index contributed by atoms with van der Waals surface area (Å²) in [7, 11) is 1.68. The summed E-state index contributed by atoms with van der Waals surface area (Å²) in [5.41, 5.74) is 7.72. The van der Waals surface area contributed by atoms with E-state index >= 15 is 0 Å². The zero-order valence-corrected chi connectivity index (χ0v) is 21.6. The summed E-state index contributed by atoms with van der Waals surface area (Å²) in [4.78, 5) is 12.2. The fourth-order valence-corrected chi connectivity index (χ4v) is 4.38. The first kappa shape index (κ1) is 28.4. The van der Waals surface area contributed by atoms with E-state index in [1.54, 1.807) is 7.11 Å². The number of carbonyl (C=O) groups excluding carboxylic acids is 1. The van der Waals surface area contributed by atoms with Gasteiger partial charge in [0.2, 0.25) is 0 Å². The van der Waals surface area contributed by atoms with E-state index in [1.165, 1.54) is 0 Å². The molecule has 1 aromatic carbocycles.